The minimum absolute atomic E-state index is 0.219. The van der Waals surface area contributed by atoms with Gasteiger partial charge in [0.05, 0.1) is 0 Å². The first-order valence-electron chi connectivity index (χ1n) is 5.12. The smallest absolute Gasteiger partial charge is 0.0250 e. The molecule has 0 spiro atoms. The molecule has 3 heteroatoms. The summed E-state index contributed by atoms with van der Waals surface area (Å²) in [5, 5.41) is 0. The quantitative estimate of drug-likeness (QED) is 0.530. The SMILES string of the molecule is CC1(C)[SiH2]C(C)(C)[SiH2]C(C)(C)[SiH2]1. The average molecular weight is 217 g/mol. The number of hydrogen-bond donors (Lipinski definition) is 0. The van der Waals surface area contributed by atoms with Crippen LogP contribution in [0.4, 0.5) is 0 Å². The van der Waals surface area contributed by atoms with Crippen LogP contribution < -0.4 is 0 Å². The molecule has 0 aromatic rings. The zero-order valence-electron chi connectivity index (χ0n) is 9.62. The molecule has 12 heavy (non-hydrogen) atoms. The number of hydrogen-bond acceptors (Lipinski definition) is 0. The van der Waals surface area contributed by atoms with Gasteiger partial charge in [0.2, 0.25) is 0 Å². The van der Waals surface area contributed by atoms with Crippen LogP contribution in [0.2, 0.25) is 14.0 Å². The summed E-state index contributed by atoms with van der Waals surface area (Å²) in [5.41, 5.74) is 0. The summed E-state index contributed by atoms with van der Waals surface area (Å²) < 4.78 is 2.58. The minimum Gasteiger partial charge on any atom is -0.0657 e. The largest absolute Gasteiger partial charge is 0.0657 e. The summed E-state index contributed by atoms with van der Waals surface area (Å²) in [7, 11) is 0.657. The van der Waals surface area contributed by atoms with Crippen LogP contribution in [-0.2, 0) is 0 Å². The standard InChI is InChI=1S/C9H24Si3/c1-7(2)10-8(3,4)12-9(5,6)11-7/h10-12H2,1-6H3. The second-order valence-electron chi connectivity index (χ2n) is 7.02. The Bertz CT molecular complexity index is 137. The molecule has 0 unspecified atom stereocenters. The van der Waals surface area contributed by atoms with Crippen LogP contribution in [-0.4, -0.2) is 28.6 Å². The monoisotopic (exact) mass is 216 g/mol. The van der Waals surface area contributed by atoms with Crippen LogP contribution in [0.15, 0.2) is 0 Å². The third-order valence-corrected chi connectivity index (χ3v) is 13.1. The molecule has 0 bridgehead atoms. The Morgan fingerprint density at radius 3 is 0.833 bits per heavy atom. The van der Waals surface area contributed by atoms with Gasteiger partial charge in [-0.05, 0) is 0 Å². The van der Waals surface area contributed by atoms with Gasteiger partial charge in [0.1, 0.15) is 0 Å². The fourth-order valence-corrected chi connectivity index (χ4v) is 28.7. The molecular formula is C9H24Si3. The van der Waals surface area contributed by atoms with E-state index in [1.54, 1.807) is 0 Å². The fourth-order valence-electron chi connectivity index (χ4n) is 4.07. The van der Waals surface area contributed by atoms with E-state index in [1.807, 2.05) is 0 Å². The Hall–Kier alpha value is 0.651. The van der Waals surface area contributed by atoms with Gasteiger partial charge in [0.25, 0.3) is 0 Å². The van der Waals surface area contributed by atoms with E-state index >= 15 is 0 Å². The Kier molecular flexibility index (Phi) is 2.52. The Balaban J connectivity index is 2.81. The molecule has 0 nitrogen and oxygen atoms in total. The highest BCUT2D eigenvalue weighted by Crippen LogP contribution is 2.48. The molecule has 0 aromatic heterocycles. The Morgan fingerprint density at radius 1 is 0.500 bits per heavy atom. The first-order chi connectivity index (χ1) is 5.12. The summed E-state index contributed by atoms with van der Waals surface area (Å²) in [4.78, 5) is 0. The molecule has 0 atom stereocenters. The summed E-state index contributed by atoms with van der Waals surface area (Å²) in [6.07, 6.45) is 0. The van der Waals surface area contributed by atoms with Crippen LogP contribution in [0.1, 0.15) is 41.5 Å². The zero-order chi connectivity index (χ0) is 9.62. The molecule has 1 fully saturated rings. The van der Waals surface area contributed by atoms with E-state index in [2.05, 4.69) is 41.5 Å². The molecule has 1 saturated heterocycles. The highest BCUT2D eigenvalue weighted by Gasteiger charge is 2.43. The fraction of sp³-hybridized carbons (Fsp3) is 1.00. The maximum atomic E-state index is 2.56. The van der Waals surface area contributed by atoms with Crippen molar-refractivity contribution in [1.29, 1.82) is 0 Å². The molecule has 0 aliphatic carbocycles. The summed E-state index contributed by atoms with van der Waals surface area (Å²) in [6.45, 7) is 15.3. The predicted octanol–water partition coefficient (Wildman–Crippen LogP) is 0.974. The van der Waals surface area contributed by atoms with Crippen molar-refractivity contribution in [2.75, 3.05) is 0 Å². The third kappa shape index (κ3) is 2.85. The molecule has 0 aromatic carbocycles. The van der Waals surface area contributed by atoms with Crippen molar-refractivity contribution < 1.29 is 0 Å². The van der Waals surface area contributed by atoms with Crippen molar-refractivity contribution in [2.24, 2.45) is 0 Å². The number of rotatable bonds is 0. The molecule has 0 saturated carbocycles. The maximum Gasteiger partial charge on any atom is 0.0250 e. The van der Waals surface area contributed by atoms with E-state index in [-0.39, 0.29) is 28.6 Å². The molecule has 1 heterocycles. The topological polar surface area (TPSA) is 0 Å². The van der Waals surface area contributed by atoms with E-state index < -0.39 is 0 Å². The third-order valence-electron chi connectivity index (χ3n) is 2.87. The molecule has 0 N–H and O–H groups in total. The van der Waals surface area contributed by atoms with Crippen molar-refractivity contribution >= 4 is 28.6 Å². The van der Waals surface area contributed by atoms with E-state index in [0.717, 1.165) is 14.0 Å². The van der Waals surface area contributed by atoms with Gasteiger partial charge in [-0.3, -0.25) is 0 Å². The first kappa shape index (κ1) is 10.7. The van der Waals surface area contributed by atoms with Gasteiger partial charge in [-0.25, -0.2) is 0 Å². The summed E-state index contributed by atoms with van der Waals surface area (Å²) in [6, 6.07) is 0. The van der Waals surface area contributed by atoms with Gasteiger partial charge < -0.3 is 0 Å². The van der Waals surface area contributed by atoms with Gasteiger partial charge in [0, 0.05) is 28.6 Å². The minimum atomic E-state index is 0.219. The summed E-state index contributed by atoms with van der Waals surface area (Å²) >= 11 is 0. The second-order valence-corrected chi connectivity index (χ2v) is 22.6. The molecule has 72 valence electrons. The van der Waals surface area contributed by atoms with Crippen molar-refractivity contribution in [3.63, 3.8) is 0 Å². The lowest BCUT2D eigenvalue weighted by atomic mass is 10.5. The zero-order valence-corrected chi connectivity index (χ0v) is 13.9. The van der Waals surface area contributed by atoms with Gasteiger partial charge in [-0.15, -0.1) is 0 Å². The molecule has 1 rings (SSSR count). The van der Waals surface area contributed by atoms with Crippen molar-refractivity contribution in [3.8, 4) is 0 Å². The van der Waals surface area contributed by atoms with Crippen LogP contribution in [0.3, 0.4) is 0 Å². The van der Waals surface area contributed by atoms with Crippen molar-refractivity contribution in [1.82, 2.24) is 0 Å². The predicted molar refractivity (Wildman–Crippen MR) is 67.8 cm³/mol. The van der Waals surface area contributed by atoms with E-state index in [1.165, 1.54) is 0 Å². The maximum absolute atomic E-state index is 2.56. The van der Waals surface area contributed by atoms with E-state index in [9.17, 15) is 0 Å². The molecule has 0 amide bonds. The lowest BCUT2D eigenvalue weighted by Gasteiger charge is -2.48. The van der Waals surface area contributed by atoms with Crippen molar-refractivity contribution in [3.05, 3.63) is 0 Å². The van der Waals surface area contributed by atoms with Gasteiger partial charge in [0.15, 0.2) is 0 Å². The molecule has 1 aliphatic heterocycles. The van der Waals surface area contributed by atoms with E-state index in [0.29, 0.717) is 0 Å². The molecule has 1 aliphatic rings. The average Bonchev–Trinajstić information content (AvgIpc) is 1.44. The summed E-state index contributed by atoms with van der Waals surface area (Å²) in [5.74, 6) is 0. The highest BCUT2D eigenvalue weighted by molar-refractivity contribution is 6.84. The van der Waals surface area contributed by atoms with Crippen molar-refractivity contribution in [2.45, 2.75) is 55.5 Å². The van der Waals surface area contributed by atoms with Gasteiger partial charge >= 0.3 is 0 Å². The lowest BCUT2D eigenvalue weighted by molar-refractivity contribution is 0.753. The second kappa shape index (κ2) is 2.82. The highest BCUT2D eigenvalue weighted by atomic mass is 28.3. The van der Waals surface area contributed by atoms with Gasteiger partial charge in [-0.1, -0.05) is 55.5 Å². The molecule has 0 radical (unpaired) electrons. The van der Waals surface area contributed by atoms with Crippen LogP contribution >= 0.6 is 0 Å². The van der Waals surface area contributed by atoms with Crippen LogP contribution in [0.5, 0.6) is 0 Å². The Labute approximate surface area is 84.4 Å². The normalized spacial score (nSPS) is 37.5. The first-order valence-corrected chi connectivity index (χ1v) is 9.36. The van der Waals surface area contributed by atoms with E-state index in [4.69, 9.17) is 0 Å². The van der Waals surface area contributed by atoms with Gasteiger partial charge in [-0.2, -0.15) is 0 Å². The van der Waals surface area contributed by atoms with Crippen LogP contribution in [0, 0.1) is 0 Å². The van der Waals surface area contributed by atoms with Crippen LogP contribution in [0.25, 0.3) is 0 Å². The lowest BCUT2D eigenvalue weighted by Crippen LogP contribution is -2.47. The Morgan fingerprint density at radius 2 is 0.667 bits per heavy atom. The molecular weight excluding hydrogens is 192 g/mol.